The van der Waals surface area contributed by atoms with Crippen molar-refractivity contribution < 1.29 is 9.90 Å². The van der Waals surface area contributed by atoms with Gasteiger partial charge in [0.2, 0.25) is 0 Å². The number of amides is 2. The summed E-state index contributed by atoms with van der Waals surface area (Å²) in [7, 11) is 0. The maximum Gasteiger partial charge on any atom is 0.319 e. The lowest BCUT2D eigenvalue weighted by Crippen LogP contribution is -2.33. The molecule has 2 aromatic carbocycles. The van der Waals surface area contributed by atoms with Crippen molar-refractivity contribution in [2.24, 2.45) is 0 Å². The zero-order valence-electron chi connectivity index (χ0n) is 14.3. The Labute approximate surface area is 148 Å². The fourth-order valence-corrected chi connectivity index (χ4v) is 3.27. The van der Waals surface area contributed by atoms with Crippen molar-refractivity contribution in [1.82, 2.24) is 5.32 Å². The number of hydrogen-bond donors (Lipinski definition) is 3. The lowest BCUT2D eigenvalue weighted by Gasteiger charge is -2.23. The molecule has 1 aliphatic rings. The normalized spacial score (nSPS) is 15.0. The minimum atomic E-state index is -0.256. The molecular formula is C20H25N3O2. The third-order valence-electron chi connectivity index (χ3n) is 4.52. The van der Waals surface area contributed by atoms with Crippen molar-refractivity contribution >= 4 is 17.4 Å². The van der Waals surface area contributed by atoms with Crippen molar-refractivity contribution in [3.05, 3.63) is 60.2 Å². The molecule has 0 aliphatic carbocycles. The summed E-state index contributed by atoms with van der Waals surface area (Å²) < 4.78 is 0. The molecule has 5 heteroatoms. The third-order valence-corrected chi connectivity index (χ3v) is 4.52. The van der Waals surface area contributed by atoms with Crippen LogP contribution in [0.4, 0.5) is 16.2 Å². The number of para-hydroxylation sites is 2. The summed E-state index contributed by atoms with van der Waals surface area (Å²) in [5.74, 6) is 0. The zero-order chi connectivity index (χ0) is 17.5. The molecule has 5 nitrogen and oxygen atoms in total. The second-order valence-electron chi connectivity index (χ2n) is 6.29. The van der Waals surface area contributed by atoms with E-state index in [2.05, 4.69) is 15.5 Å². The Balaban J connectivity index is 1.69. The number of aliphatic hydroxyl groups is 1. The summed E-state index contributed by atoms with van der Waals surface area (Å²) in [5, 5.41) is 15.3. The van der Waals surface area contributed by atoms with Crippen LogP contribution in [0.5, 0.6) is 0 Å². The number of carbonyl (C=O) groups excluding carboxylic acids is 1. The van der Waals surface area contributed by atoms with E-state index in [1.807, 2.05) is 54.6 Å². The van der Waals surface area contributed by atoms with Crippen LogP contribution in [0.2, 0.25) is 0 Å². The van der Waals surface area contributed by atoms with Gasteiger partial charge in [0.05, 0.1) is 17.4 Å². The molecule has 0 bridgehead atoms. The molecule has 1 atom stereocenters. The predicted molar refractivity (Wildman–Crippen MR) is 101 cm³/mol. The van der Waals surface area contributed by atoms with E-state index in [-0.39, 0.29) is 18.7 Å². The van der Waals surface area contributed by atoms with E-state index in [9.17, 15) is 9.90 Å². The molecule has 0 radical (unpaired) electrons. The quantitative estimate of drug-likeness (QED) is 0.754. The second kappa shape index (κ2) is 8.53. The molecule has 1 heterocycles. The van der Waals surface area contributed by atoms with Crippen LogP contribution in [0.15, 0.2) is 54.6 Å². The van der Waals surface area contributed by atoms with Crippen LogP contribution in [-0.2, 0) is 0 Å². The molecule has 2 aromatic rings. The van der Waals surface area contributed by atoms with Crippen molar-refractivity contribution in [1.29, 1.82) is 0 Å². The summed E-state index contributed by atoms with van der Waals surface area (Å²) in [6, 6.07) is 17.1. The van der Waals surface area contributed by atoms with Crippen LogP contribution in [-0.4, -0.2) is 30.8 Å². The van der Waals surface area contributed by atoms with E-state index in [4.69, 9.17) is 0 Å². The number of urea groups is 1. The van der Waals surface area contributed by atoms with Gasteiger partial charge in [0.25, 0.3) is 0 Å². The van der Waals surface area contributed by atoms with Gasteiger partial charge in [-0.3, -0.25) is 0 Å². The average molecular weight is 339 g/mol. The highest BCUT2D eigenvalue weighted by Gasteiger charge is 2.18. The van der Waals surface area contributed by atoms with Crippen molar-refractivity contribution in [2.75, 3.05) is 29.9 Å². The maximum absolute atomic E-state index is 12.5. The summed E-state index contributed by atoms with van der Waals surface area (Å²) >= 11 is 0. The first kappa shape index (κ1) is 17.3. The van der Waals surface area contributed by atoms with Gasteiger partial charge in [0.15, 0.2) is 0 Å². The number of carbonyl (C=O) groups is 1. The number of hydrogen-bond acceptors (Lipinski definition) is 3. The van der Waals surface area contributed by atoms with Crippen LogP contribution in [0, 0.1) is 0 Å². The van der Waals surface area contributed by atoms with Crippen LogP contribution in [0.3, 0.4) is 0 Å². The third kappa shape index (κ3) is 4.51. The molecule has 0 spiro atoms. The highest BCUT2D eigenvalue weighted by atomic mass is 16.3. The van der Waals surface area contributed by atoms with E-state index in [0.717, 1.165) is 30.0 Å². The molecule has 3 rings (SSSR count). The first-order valence-corrected chi connectivity index (χ1v) is 8.85. The second-order valence-corrected chi connectivity index (χ2v) is 6.29. The Kier molecular flexibility index (Phi) is 5.90. The van der Waals surface area contributed by atoms with Gasteiger partial charge in [-0.25, -0.2) is 4.79 Å². The van der Waals surface area contributed by atoms with Crippen LogP contribution in [0.25, 0.3) is 0 Å². The largest absolute Gasteiger partial charge is 0.396 e. The molecule has 1 fully saturated rings. The molecule has 0 unspecified atom stereocenters. The molecular weight excluding hydrogens is 314 g/mol. The summed E-state index contributed by atoms with van der Waals surface area (Å²) in [6.07, 6.45) is 2.85. The number of aliphatic hydroxyl groups excluding tert-OH is 1. The Bertz CT molecular complexity index is 684. The van der Waals surface area contributed by atoms with Crippen molar-refractivity contribution in [2.45, 2.75) is 25.3 Å². The van der Waals surface area contributed by atoms with Gasteiger partial charge in [-0.2, -0.15) is 0 Å². The fourth-order valence-electron chi connectivity index (χ4n) is 3.27. The van der Waals surface area contributed by atoms with Crippen molar-refractivity contribution in [3.8, 4) is 0 Å². The minimum absolute atomic E-state index is 0.0181. The van der Waals surface area contributed by atoms with Gasteiger partial charge in [0.1, 0.15) is 0 Å². The highest BCUT2D eigenvalue weighted by Crippen LogP contribution is 2.28. The average Bonchev–Trinajstić information content (AvgIpc) is 3.17. The van der Waals surface area contributed by atoms with E-state index < -0.39 is 0 Å². The van der Waals surface area contributed by atoms with Gasteiger partial charge >= 0.3 is 6.03 Å². The molecule has 0 saturated carbocycles. The lowest BCUT2D eigenvalue weighted by atomic mass is 10.0. The number of nitrogens with one attached hydrogen (secondary N) is 2. The SMILES string of the molecule is O=C(Nc1ccccc1N1CCCC1)N[C@H](CCO)c1ccccc1. The van der Waals surface area contributed by atoms with Gasteiger partial charge in [-0.05, 0) is 37.0 Å². The summed E-state index contributed by atoms with van der Waals surface area (Å²) in [5.41, 5.74) is 2.87. The predicted octanol–water partition coefficient (Wildman–Crippen LogP) is 3.53. The smallest absolute Gasteiger partial charge is 0.319 e. The van der Waals surface area contributed by atoms with Gasteiger partial charge in [-0.15, -0.1) is 0 Å². The number of benzene rings is 2. The van der Waals surface area contributed by atoms with Gasteiger partial charge in [-0.1, -0.05) is 42.5 Å². The Morgan fingerprint density at radius 2 is 1.72 bits per heavy atom. The van der Waals surface area contributed by atoms with Crippen LogP contribution in [0.1, 0.15) is 30.9 Å². The first-order chi connectivity index (χ1) is 12.3. The molecule has 25 heavy (non-hydrogen) atoms. The zero-order valence-corrected chi connectivity index (χ0v) is 14.3. The van der Waals surface area contributed by atoms with Gasteiger partial charge < -0.3 is 20.6 Å². The van der Waals surface area contributed by atoms with Crippen molar-refractivity contribution in [3.63, 3.8) is 0 Å². The molecule has 0 aromatic heterocycles. The molecule has 2 amide bonds. The standard InChI is InChI=1S/C20H25N3O2/c24-15-12-17(16-8-2-1-3-9-16)21-20(25)22-18-10-4-5-11-19(18)23-13-6-7-14-23/h1-5,8-11,17,24H,6-7,12-15H2,(H2,21,22,25)/t17-/m1/s1. The van der Waals surface area contributed by atoms with Gasteiger partial charge in [0, 0.05) is 19.7 Å². The first-order valence-electron chi connectivity index (χ1n) is 8.85. The molecule has 1 aliphatic heterocycles. The van der Waals surface area contributed by atoms with E-state index >= 15 is 0 Å². The minimum Gasteiger partial charge on any atom is -0.396 e. The molecule has 1 saturated heterocycles. The fraction of sp³-hybridized carbons (Fsp3) is 0.350. The van der Waals surface area contributed by atoms with E-state index in [0.29, 0.717) is 6.42 Å². The van der Waals surface area contributed by atoms with Crippen LogP contribution >= 0.6 is 0 Å². The summed E-state index contributed by atoms with van der Waals surface area (Å²) in [6.45, 7) is 2.07. The molecule has 132 valence electrons. The monoisotopic (exact) mass is 339 g/mol. The highest BCUT2D eigenvalue weighted by molar-refractivity contribution is 5.93. The molecule has 3 N–H and O–H groups in total. The number of rotatable bonds is 6. The Hall–Kier alpha value is -2.53. The lowest BCUT2D eigenvalue weighted by molar-refractivity contribution is 0.239. The number of anilines is 2. The van der Waals surface area contributed by atoms with E-state index in [1.54, 1.807) is 0 Å². The van der Waals surface area contributed by atoms with E-state index in [1.165, 1.54) is 12.8 Å². The maximum atomic E-state index is 12.5. The topological polar surface area (TPSA) is 64.6 Å². The Morgan fingerprint density at radius 3 is 2.44 bits per heavy atom. The Morgan fingerprint density at radius 1 is 1.04 bits per heavy atom. The van der Waals surface area contributed by atoms with Crippen LogP contribution < -0.4 is 15.5 Å². The number of nitrogens with zero attached hydrogens (tertiary/aromatic N) is 1. The summed E-state index contributed by atoms with van der Waals surface area (Å²) in [4.78, 5) is 14.8.